The molecule has 18 heteroatoms. The molecule has 424 valence electrons. The Morgan fingerprint density at radius 2 is 0.889 bits per heavy atom. The van der Waals surface area contributed by atoms with Crippen molar-refractivity contribution in [3.63, 3.8) is 0 Å². The third-order valence-corrected chi connectivity index (χ3v) is 24.8. The molecule has 0 radical (unpaired) electrons. The first-order chi connectivity index (χ1) is 38.3. The summed E-state index contributed by atoms with van der Waals surface area (Å²) < 4.78 is 81.3. The fraction of sp³-hybridized carbons (Fsp3) is 0.365. The van der Waals surface area contributed by atoms with Crippen LogP contribution < -0.4 is 27.8 Å². The van der Waals surface area contributed by atoms with Crippen molar-refractivity contribution >= 4 is 40.5 Å². The zero-order chi connectivity index (χ0) is 58.0. The van der Waals surface area contributed by atoms with Crippen molar-refractivity contribution in [3.05, 3.63) is 167 Å². The van der Waals surface area contributed by atoms with E-state index in [-0.39, 0.29) is 56.8 Å². The van der Waals surface area contributed by atoms with Crippen molar-refractivity contribution in [2.75, 3.05) is 13.7 Å². The topological polar surface area (TPSA) is 179 Å². The summed E-state index contributed by atoms with van der Waals surface area (Å²) in [6.07, 6.45) is -7.57. The number of benzene rings is 6. The van der Waals surface area contributed by atoms with E-state index in [1.54, 1.807) is 0 Å². The Morgan fingerprint density at radius 1 is 0.531 bits per heavy atom. The molecule has 5 atom stereocenters. The molecule has 0 aliphatic carbocycles. The summed E-state index contributed by atoms with van der Waals surface area (Å²) in [5.41, 5.74) is 1.85. The standard InChI is InChI=1S/C63H68O16Si2/c1-37(64)69-36-47-50-55(68-9)56(59(71-47)70-38(2)65)73-58(67)44-35-46(79-81(12,13)61(6,7)8)52-54(77-63(75-52,41-30-22-16-23-31-41)42-32-24-17-25-33-42)49(44)48-43(57(66)72-50)34-45(78-80(10,11)60(3,4)5)51-53(48)76-62(74-51,39-26-18-14-19-27-39)40-28-20-15-21-29-40/h14-35,47,50,55-56,59H,36H2,1-13H3/t47-,50-,55+,56-,59-/m1/s1. The first-order valence-electron chi connectivity index (χ1n) is 27.0. The van der Waals surface area contributed by atoms with E-state index in [0.717, 1.165) is 6.92 Å². The Labute approximate surface area is 474 Å². The summed E-state index contributed by atoms with van der Waals surface area (Å²) in [6.45, 7) is 22.6. The smallest absolute Gasteiger partial charge is 0.339 e. The molecule has 16 nitrogen and oxygen atoms in total. The second-order valence-corrected chi connectivity index (χ2v) is 33.1. The summed E-state index contributed by atoms with van der Waals surface area (Å²) in [6, 6.07) is 40.5. The average molecular weight is 1140 g/mol. The minimum atomic E-state index is -2.89. The minimum absolute atomic E-state index is 0.0308. The zero-order valence-electron chi connectivity index (χ0n) is 47.8. The number of fused-ring (bicyclic) bond motifs is 9. The molecule has 0 N–H and O–H groups in total. The van der Waals surface area contributed by atoms with E-state index >= 15 is 9.59 Å². The van der Waals surface area contributed by atoms with Gasteiger partial charge in [-0.1, -0.05) is 163 Å². The van der Waals surface area contributed by atoms with E-state index in [1.165, 1.54) is 26.2 Å². The lowest BCUT2D eigenvalue weighted by atomic mass is 9.91. The van der Waals surface area contributed by atoms with E-state index in [0.29, 0.717) is 22.3 Å². The SMILES string of the molecule is CO[C@@H]1[C@H]2OC(=O)c3cc(O[Si](C)(C)C(C)(C)C)c4c(c3-c3c(cc(O[Si](C)(C)C(C)(C)C)c5c3OC(c3ccccc3)(c3ccccc3)O5)C(=O)O[C@@H]1[C@@H](COC(C)=O)O[C@H]2OC(C)=O)OC(c1ccccc1)(c1ccccc1)O4. The normalized spacial score (nSPS) is 20.8. The largest absolute Gasteiger partial charge is 0.541 e. The molecule has 0 unspecified atom stereocenters. The van der Waals surface area contributed by atoms with Gasteiger partial charge in [0.05, 0.1) is 11.1 Å². The molecule has 0 saturated carbocycles. The second kappa shape index (κ2) is 21.0. The van der Waals surface area contributed by atoms with E-state index in [1.807, 2.05) is 121 Å². The van der Waals surface area contributed by atoms with Crippen molar-refractivity contribution in [1.29, 1.82) is 0 Å². The first-order valence-corrected chi connectivity index (χ1v) is 32.8. The molecule has 6 aromatic rings. The lowest BCUT2D eigenvalue weighted by molar-refractivity contribution is -0.294. The Kier molecular flexibility index (Phi) is 14.7. The minimum Gasteiger partial charge on any atom is -0.541 e. The van der Waals surface area contributed by atoms with Gasteiger partial charge in [-0.05, 0) is 48.4 Å². The maximum atomic E-state index is 16.2. The van der Waals surface area contributed by atoms with E-state index < -0.39 is 99.5 Å². The van der Waals surface area contributed by atoms with Gasteiger partial charge in [-0.3, -0.25) is 9.59 Å². The molecule has 4 aliphatic rings. The lowest BCUT2D eigenvalue weighted by Crippen LogP contribution is -2.62. The number of rotatable bonds is 12. The molecule has 10 rings (SSSR count). The van der Waals surface area contributed by atoms with Crippen molar-refractivity contribution in [3.8, 4) is 45.6 Å². The van der Waals surface area contributed by atoms with Gasteiger partial charge in [0.25, 0.3) is 16.6 Å². The number of hydrogen-bond donors (Lipinski definition) is 0. The number of carbonyl (C=O) groups excluding carboxylic acids is 4. The highest BCUT2D eigenvalue weighted by Gasteiger charge is 2.57. The van der Waals surface area contributed by atoms with Gasteiger partial charge in [0.1, 0.15) is 18.8 Å². The molecular formula is C63H68O16Si2. The molecule has 0 spiro atoms. The van der Waals surface area contributed by atoms with Crippen LogP contribution in [-0.2, 0) is 49.6 Å². The van der Waals surface area contributed by atoms with E-state index in [4.69, 9.17) is 56.2 Å². The van der Waals surface area contributed by atoms with Crippen LogP contribution in [0.5, 0.6) is 34.5 Å². The monoisotopic (exact) mass is 1140 g/mol. The van der Waals surface area contributed by atoms with Gasteiger partial charge in [-0.15, -0.1) is 0 Å². The van der Waals surface area contributed by atoms with E-state index in [2.05, 4.69) is 67.7 Å². The van der Waals surface area contributed by atoms with Crippen LogP contribution in [0.2, 0.25) is 36.3 Å². The third kappa shape index (κ3) is 10.2. The van der Waals surface area contributed by atoms with Gasteiger partial charge in [-0.25, -0.2) is 9.59 Å². The van der Waals surface area contributed by atoms with Gasteiger partial charge in [0.2, 0.25) is 17.8 Å². The summed E-state index contributed by atoms with van der Waals surface area (Å²) in [7, 11) is -4.46. The Hall–Kier alpha value is -7.65. The quantitative estimate of drug-likeness (QED) is 0.0641. The summed E-state index contributed by atoms with van der Waals surface area (Å²) in [4.78, 5) is 57.8. The number of carbonyl (C=O) groups is 4. The maximum absolute atomic E-state index is 16.2. The van der Waals surface area contributed by atoms with Crippen LogP contribution in [0.1, 0.15) is 98.4 Å². The number of esters is 4. The van der Waals surface area contributed by atoms with Crippen LogP contribution in [-0.4, -0.2) is 84.9 Å². The molecule has 0 amide bonds. The second-order valence-electron chi connectivity index (χ2n) is 23.6. The zero-order valence-corrected chi connectivity index (χ0v) is 49.8. The molecule has 6 aromatic carbocycles. The fourth-order valence-electron chi connectivity index (χ4n) is 9.88. The van der Waals surface area contributed by atoms with Crippen LogP contribution in [0.25, 0.3) is 11.1 Å². The molecular weight excluding hydrogens is 1070 g/mol. The van der Waals surface area contributed by atoms with Crippen LogP contribution in [0.3, 0.4) is 0 Å². The Bertz CT molecular complexity index is 3290. The molecule has 4 heterocycles. The third-order valence-electron chi connectivity index (χ3n) is 16.1. The van der Waals surface area contributed by atoms with Crippen molar-refractivity contribution < 1.29 is 75.4 Å². The van der Waals surface area contributed by atoms with Crippen LogP contribution in [0.15, 0.2) is 133 Å². The number of ether oxygens (including phenoxy) is 10. The maximum Gasteiger partial charge on any atom is 0.339 e. The number of methoxy groups -OCH3 is 1. The van der Waals surface area contributed by atoms with Gasteiger partial charge in [0, 0.05) is 54.3 Å². The summed E-state index contributed by atoms with van der Waals surface area (Å²) >= 11 is 0. The van der Waals surface area contributed by atoms with Crippen LogP contribution in [0.4, 0.5) is 0 Å². The molecule has 2 bridgehead atoms. The first kappa shape index (κ1) is 56.6. The van der Waals surface area contributed by atoms with Crippen LogP contribution in [0, 0.1) is 0 Å². The summed E-state index contributed by atoms with van der Waals surface area (Å²) in [5.74, 6) is -6.62. The molecule has 1 saturated heterocycles. The van der Waals surface area contributed by atoms with Gasteiger partial charge in [0.15, 0.2) is 35.2 Å². The number of hydrogen-bond acceptors (Lipinski definition) is 16. The van der Waals surface area contributed by atoms with Crippen molar-refractivity contribution in [2.24, 2.45) is 0 Å². The van der Waals surface area contributed by atoms with Crippen molar-refractivity contribution in [1.82, 2.24) is 0 Å². The highest BCUT2D eigenvalue weighted by atomic mass is 28.4. The molecule has 4 aliphatic heterocycles. The molecule has 0 aromatic heterocycles. The van der Waals surface area contributed by atoms with Gasteiger partial charge >= 0.3 is 35.5 Å². The predicted octanol–water partition coefficient (Wildman–Crippen LogP) is 12.4. The molecule has 1 fully saturated rings. The summed E-state index contributed by atoms with van der Waals surface area (Å²) in [5, 5.41) is -0.786. The fourth-order valence-corrected chi connectivity index (χ4v) is 11.9. The average Bonchev–Trinajstić information content (AvgIpc) is 2.22. The van der Waals surface area contributed by atoms with Gasteiger partial charge in [-0.2, -0.15) is 0 Å². The predicted molar refractivity (Wildman–Crippen MR) is 304 cm³/mol. The Morgan fingerprint density at radius 3 is 1.22 bits per heavy atom. The van der Waals surface area contributed by atoms with E-state index in [9.17, 15) is 9.59 Å². The lowest BCUT2D eigenvalue weighted by Gasteiger charge is -2.43. The highest BCUT2D eigenvalue weighted by molar-refractivity contribution is 6.75. The highest BCUT2D eigenvalue weighted by Crippen LogP contribution is 2.64. The molecule has 81 heavy (non-hydrogen) atoms. The van der Waals surface area contributed by atoms with Crippen LogP contribution >= 0.6 is 0 Å². The van der Waals surface area contributed by atoms with Crippen molar-refractivity contribution in [2.45, 2.75) is 134 Å². The Balaban J connectivity index is 1.37. The van der Waals surface area contributed by atoms with Gasteiger partial charge < -0.3 is 56.2 Å².